The van der Waals surface area contributed by atoms with Gasteiger partial charge in [0.1, 0.15) is 17.7 Å². The fraction of sp³-hybridized carbons (Fsp3) is 0.533. The highest BCUT2D eigenvalue weighted by Gasteiger charge is 2.18. The Morgan fingerprint density at radius 2 is 2.40 bits per heavy atom. The molecule has 1 fully saturated rings. The molecule has 5 nitrogen and oxygen atoms in total. The summed E-state index contributed by atoms with van der Waals surface area (Å²) >= 11 is 0. The van der Waals surface area contributed by atoms with Crippen molar-refractivity contribution < 1.29 is 4.74 Å². The van der Waals surface area contributed by atoms with Crippen molar-refractivity contribution in [1.82, 2.24) is 15.3 Å². The highest BCUT2D eigenvalue weighted by molar-refractivity contribution is 5.76. The normalized spacial score (nSPS) is 21.0. The highest BCUT2D eigenvalue weighted by Crippen LogP contribution is 2.25. The first kappa shape index (κ1) is 13.4. The first-order valence-corrected chi connectivity index (χ1v) is 7.33. The van der Waals surface area contributed by atoms with E-state index in [-0.39, 0.29) is 6.10 Å². The maximum absolute atomic E-state index is 5.74. The monoisotopic (exact) mass is 274 g/mol. The lowest BCUT2D eigenvalue weighted by atomic mass is 9.99. The third-order valence-electron chi connectivity index (χ3n) is 3.82. The van der Waals surface area contributed by atoms with Crippen LogP contribution < -0.4 is 15.8 Å². The number of piperidine rings is 1. The Balaban J connectivity index is 1.83. The largest absolute Gasteiger partial charge is 0.489 e. The predicted molar refractivity (Wildman–Crippen MR) is 80.1 cm³/mol. The second kappa shape index (κ2) is 5.81. The van der Waals surface area contributed by atoms with Gasteiger partial charge in [0.2, 0.25) is 0 Å². The first-order chi connectivity index (χ1) is 9.76. The van der Waals surface area contributed by atoms with E-state index >= 15 is 0 Å². The number of hydrogen-bond donors (Lipinski definition) is 3. The van der Waals surface area contributed by atoms with Gasteiger partial charge in [-0.15, -0.1) is 0 Å². The van der Waals surface area contributed by atoms with Gasteiger partial charge in [0.05, 0.1) is 11.0 Å². The van der Waals surface area contributed by atoms with Crippen LogP contribution in [0.2, 0.25) is 0 Å². The smallest absolute Gasteiger partial charge is 0.122 e. The number of hydrogen-bond acceptors (Lipinski definition) is 4. The number of nitrogens with zero attached hydrogens (tertiary/aromatic N) is 1. The molecule has 2 atom stereocenters. The van der Waals surface area contributed by atoms with Gasteiger partial charge in [-0.1, -0.05) is 0 Å². The SMILES string of the molecule is CC(CN)Oc1ccc2nc(C3CCCNC3)[nH]c2c1. The molecule has 1 aromatic carbocycles. The summed E-state index contributed by atoms with van der Waals surface area (Å²) in [5.41, 5.74) is 7.62. The van der Waals surface area contributed by atoms with E-state index in [0.29, 0.717) is 12.5 Å². The van der Waals surface area contributed by atoms with E-state index in [4.69, 9.17) is 15.5 Å². The molecule has 3 rings (SSSR count). The number of ether oxygens (including phenoxy) is 1. The van der Waals surface area contributed by atoms with Gasteiger partial charge in [-0.2, -0.15) is 0 Å². The van der Waals surface area contributed by atoms with E-state index in [2.05, 4.69) is 10.3 Å². The van der Waals surface area contributed by atoms with Crippen molar-refractivity contribution in [2.75, 3.05) is 19.6 Å². The fourth-order valence-electron chi connectivity index (χ4n) is 2.64. The van der Waals surface area contributed by atoms with Crippen LogP contribution in [0.15, 0.2) is 18.2 Å². The number of benzene rings is 1. The number of nitrogens with one attached hydrogen (secondary N) is 2. The van der Waals surface area contributed by atoms with Crippen molar-refractivity contribution in [1.29, 1.82) is 0 Å². The molecule has 4 N–H and O–H groups in total. The molecule has 2 aromatic rings. The van der Waals surface area contributed by atoms with Crippen LogP contribution in [0.5, 0.6) is 5.75 Å². The summed E-state index contributed by atoms with van der Waals surface area (Å²) in [5.74, 6) is 2.41. The average Bonchev–Trinajstić information content (AvgIpc) is 2.91. The zero-order valence-electron chi connectivity index (χ0n) is 11.9. The summed E-state index contributed by atoms with van der Waals surface area (Å²) in [6, 6.07) is 5.97. The average molecular weight is 274 g/mol. The second-order valence-corrected chi connectivity index (χ2v) is 5.51. The molecule has 0 spiro atoms. The quantitative estimate of drug-likeness (QED) is 0.794. The Hall–Kier alpha value is -1.59. The molecule has 0 radical (unpaired) electrons. The molecule has 0 saturated carbocycles. The second-order valence-electron chi connectivity index (χ2n) is 5.51. The van der Waals surface area contributed by atoms with Crippen molar-refractivity contribution in [2.24, 2.45) is 5.73 Å². The summed E-state index contributed by atoms with van der Waals surface area (Å²) in [6.45, 7) is 4.61. The molecule has 1 aliphatic rings. The van der Waals surface area contributed by atoms with Gasteiger partial charge < -0.3 is 20.8 Å². The number of nitrogens with two attached hydrogens (primary N) is 1. The predicted octanol–water partition coefficient (Wildman–Crippen LogP) is 1.76. The molecule has 5 heteroatoms. The standard InChI is InChI=1S/C15H22N4O/c1-10(8-16)20-12-4-5-13-14(7-12)19-15(18-13)11-3-2-6-17-9-11/h4-5,7,10-11,17H,2-3,6,8-9,16H2,1H3,(H,18,19). The third-order valence-corrected chi connectivity index (χ3v) is 3.82. The minimum Gasteiger partial charge on any atom is -0.489 e. The van der Waals surface area contributed by atoms with E-state index in [0.717, 1.165) is 35.7 Å². The van der Waals surface area contributed by atoms with Crippen LogP contribution >= 0.6 is 0 Å². The molecule has 1 aromatic heterocycles. The number of rotatable bonds is 4. The van der Waals surface area contributed by atoms with E-state index in [1.165, 1.54) is 12.8 Å². The zero-order chi connectivity index (χ0) is 13.9. The molecule has 0 amide bonds. The summed E-state index contributed by atoms with van der Waals surface area (Å²) in [7, 11) is 0. The summed E-state index contributed by atoms with van der Waals surface area (Å²) in [5, 5.41) is 3.42. The van der Waals surface area contributed by atoms with E-state index in [1.54, 1.807) is 0 Å². The van der Waals surface area contributed by atoms with Crippen molar-refractivity contribution in [3.63, 3.8) is 0 Å². The molecule has 1 saturated heterocycles. The lowest BCUT2D eigenvalue weighted by Gasteiger charge is -2.20. The molecule has 2 unspecified atom stereocenters. The van der Waals surface area contributed by atoms with Crippen LogP contribution in [0.3, 0.4) is 0 Å². The van der Waals surface area contributed by atoms with Crippen LogP contribution in [-0.2, 0) is 0 Å². The molecular formula is C15H22N4O. The number of aromatic amines is 1. The molecule has 0 bridgehead atoms. The zero-order valence-corrected chi connectivity index (χ0v) is 11.9. The van der Waals surface area contributed by atoms with Crippen molar-refractivity contribution >= 4 is 11.0 Å². The maximum atomic E-state index is 5.74. The van der Waals surface area contributed by atoms with Crippen LogP contribution in [0.1, 0.15) is 31.5 Å². The highest BCUT2D eigenvalue weighted by atomic mass is 16.5. The van der Waals surface area contributed by atoms with Crippen LogP contribution in [0.25, 0.3) is 11.0 Å². The minimum atomic E-state index is 0.0254. The molecule has 2 heterocycles. The number of imidazole rings is 1. The number of aromatic nitrogens is 2. The van der Waals surface area contributed by atoms with Gasteiger partial charge in [-0.3, -0.25) is 0 Å². The van der Waals surface area contributed by atoms with E-state index in [9.17, 15) is 0 Å². The number of H-pyrrole nitrogens is 1. The van der Waals surface area contributed by atoms with Gasteiger partial charge in [0, 0.05) is 25.1 Å². The first-order valence-electron chi connectivity index (χ1n) is 7.33. The van der Waals surface area contributed by atoms with Gasteiger partial charge in [0.25, 0.3) is 0 Å². The fourth-order valence-corrected chi connectivity index (χ4v) is 2.64. The van der Waals surface area contributed by atoms with Gasteiger partial charge in [0.15, 0.2) is 0 Å². The summed E-state index contributed by atoms with van der Waals surface area (Å²) in [4.78, 5) is 8.14. The Labute approximate surface area is 118 Å². The number of fused-ring (bicyclic) bond motifs is 1. The van der Waals surface area contributed by atoms with Crippen LogP contribution in [0.4, 0.5) is 0 Å². The molecule has 108 valence electrons. The van der Waals surface area contributed by atoms with E-state index < -0.39 is 0 Å². The van der Waals surface area contributed by atoms with E-state index in [1.807, 2.05) is 25.1 Å². The van der Waals surface area contributed by atoms with Crippen molar-refractivity contribution in [3.8, 4) is 5.75 Å². The third kappa shape index (κ3) is 2.78. The Morgan fingerprint density at radius 3 is 3.15 bits per heavy atom. The van der Waals surface area contributed by atoms with Crippen molar-refractivity contribution in [3.05, 3.63) is 24.0 Å². The van der Waals surface area contributed by atoms with Gasteiger partial charge in [-0.25, -0.2) is 4.98 Å². The Kier molecular flexibility index (Phi) is 3.89. The summed E-state index contributed by atoms with van der Waals surface area (Å²) in [6.07, 6.45) is 2.43. The Morgan fingerprint density at radius 1 is 1.50 bits per heavy atom. The molecular weight excluding hydrogens is 252 g/mol. The van der Waals surface area contributed by atoms with Crippen LogP contribution in [-0.4, -0.2) is 35.7 Å². The molecule has 20 heavy (non-hydrogen) atoms. The topological polar surface area (TPSA) is 76.0 Å². The Bertz CT molecular complexity index is 574. The van der Waals surface area contributed by atoms with Gasteiger partial charge >= 0.3 is 0 Å². The lowest BCUT2D eigenvalue weighted by molar-refractivity contribution is 0.230. The summed E-state index contributed by atoms with van der Waals surface area (Å²) < 4.78 is 5.74. The molecule has 1 aliphatic heterocycles. The lowest BCUT2D eigenvalue weighted by Crippen LogP contribution is -2.28. The van der Waals surface area contributed by atoms with Gasteiger partial charge in [-0.05, 0) is 38.4 Å². The maximum Gasteiger partial charge on any atom is 0.122 e. The minimum absolute atomic E-state index is 0.0254. The van der Waals surface area contributed by atoms with Crippen molar-refractivity contribution in [2.45, 2.75) is 31.8 Å². The van der Waals surface area contributed by atoms with Crippen LogP contribution in [0, 0.1) is 0 Å². The molecule has 0 aliphatic carbocycles.